The van der Waals surface area contributed by atoms with Crippen LogP contribution in [0.3, 0.4) is 0 Å². The average molecular weight is 247 g/mol. The van der Waals surface area contributed by atoms with Gasteiger partial charge in [-0.15, -0.1) is 0 Å². The second kappa shape index (κ2) is 4.00. The molecule has 0 aromatic heterocycles. The Kier molecular flexibility index (Phi) is 2.96. The van der Waals surface area contributed by atoms with Gasteiger partial charge in [-0.25, -0.2) is 8.42 Å². The van der Waals surface area contributed by atoms with Gasteiger partial charge < -0.3 is 5.11 Å². The number of carboxylic acid groups (broad SMARTS) is 1. The van der Waals surface area contributed by atoms with Crippen molar-refractivity contribution in [3.63, 3.8) is 0 Å². The second-order valence-electron chi connectivity index (χ2n) is 4.93. The van der Waals surface area contributed by atoms with E-state index in [4.69, 9.17) is 5.11 Å². The molecule has 0 aromatic rings. The summed E-state index contributed by atoms with van der Waals surface area (Å²) in [5.74, 6) is -0.549. The third-order valence-corrected chi connectivity index (χ3v) is 5.43. The molecule has 2 rings (SSSR count). The van der Waals surface area contributed by atoms with Crippen molar-refractivity contribution in [1.29, 1.82) is 0 Å². The summed E-state index contributed by atoms with van der Waals surface area (Å²) in [7, 11) is -2.88. The van der Waals surface area contributed by atoms with Crippen molar-refractivity contribution >= 4 is 15.8 Å². The third kappa shape index (κ3) is 2.22. The van der Waals surface area contributed by atoms with E-state index >= 15 is 0 Å². The zero-order valence-corrected chi connectivity index (χ0v) is 10.1. The first kappa shape index (κ1) is 11.9. The highest BCUT2D eigenvalue weighted by atomic mass is 32.2. The predicted octanol–water partition coefficient (Wildman–Crippen LogP) is -0.174. The van der Waals surface area contributed by atoms with Crippen molar-refractivity contribution in [3.8, 4) is 0 Å². The minimum absolute atomic E-state index is 0.0387. The Hall–Kier alpha value is -0.620. The van der Waals surface area contributed by atoms with Crippen LogP contribution < -0.4 is 0 Å². The van der Waals surface area contributed by atoms with Crippen LogP contribution in [0.2, 0.25) is 0 Å². The molecule has 0 aliphatic carbocycles. The van der Waals surface area contributed by atoms with Crippen LogP contribution in [0.15, 0.2) is 0 Å². The van der Waals surface area contributed by atoms with Gasteiger partial charge >= 0.3 is 5.97 Å². The minimum Gasteiger partial charge on any atom is -0.481 e. The highest BCUT2D eigenvalue weighted by Gasteiger charge is 2.41. The summed E-state index contributed by atoms with van der Waals surface area (Å²) >= 11 is 0. The topological polar surface area (TPSA) is 74.7 Å². The number of hydrogen-bond acceptors (Lipinski definition) is 4. The number of aliphatic carboxylic acids is 1. The van der Waals surface area contributed by atoms with Crippen LogP contribution in [0.25, 0.3) is 0 Å². The Morgan fingerprint density at radius 1 is 1.38 bits per heavy atom. The van der Waals surface area contributed by atoms with E-state index in [1.54, 1.807) is 0 Å². The fraction of sp³-hybridized carbons (Fsp3) is 0.900. The lowest BCUT2D eigenvalue weighted by Crippen LogP contribution is -2.35. The molecule has 0 radical (unpaired) electrons. The number of hydrogen-bond donors (Lipinski definition) is 1. The van der Waals surface area contributed by atoms with Crippen LogP contribution in [0, 0.1) is 11.8 Å². The lowest BCUT2D eigenvalue weighted by Gasteiger charge is -2.21. The lowest BCUT2D eigenvalue weighted by atomic mass is 9.99. The zero-order chi connectivity index (χ0) is 11.9. The van der Waals surface area contributed by atoms with Gasteiger partial charge in [-0.05, 0) is 12.3 Å². The number of likely N-dealkylation sites (tertiary alicyclic amines) is 1. The molecule has 0 bridgehead atoms. The summed E-state index contributed by atoms with van der Waals surface area (Å²) in [6.07, 6.45) is 0.654. The number of rotatable bonds is 2. The van der Waals surface area contributed by atoms with Crippen molar-refractivity contribution in [2.45, 2.75) is 19.4 Å². The van der Waals surface area contributed by atoms with E-state index in [0.29, 0.717) is 19.5 Å². The molecule has 1 N–H and O–H groups in total. The van der Waals surface area contributed by atoms with Crippen LogP contribution in [-0.2, 0) is 14.6 Å². The quantitative estimate of drug-likeness (QED) is 0.733. The highest BCUT2D eigenvalue weighted by molar-refractivity contribution is 7.91. The Bertz CT molecular complexity index is 392. The van der Waals surface area contributed by atoms with E-state index in [0.717, 1.165) is 0 Å². The first-order valence-electron chi connectivity index (χ1n) is 5.56. The Morgan fingerprint density at radius 3 is 2.50 bits per heavy atom. The molecule has 6 heteroatoms. The standard InChI is InChI=1S/C10H17NO4S/c1-7-4-11(5-9(7)10(12)13)8-2-3-16(14,15)6-8/h7-9H,2-6H2,1H3,(H,12,13)/t7-,8?,9-/m1/s1. The average Bonchev–Trinajstić information content (AvgIpc) is 2.69. The van der Waals surface area contributed by atoms with Crippen molar-refractivity contribution < 1.29 is 18.3 Å². The van der Waals surface area contributed by atoms with Gasteiger partial charge in [0.05, 0.1) is 17.4 Å². The van der Waals surface area contributed by atoms with E-state index in [2.05, 4.69) is 0 Å². The van der Waals surface area contributed by atoms with E-state index in [1.807, 2.05) is 11.8 Å². The molecule has 0 amide bonds. The van der Waals surface area contributed by atoms with Gasteiger partial charge in [0.1, 0.15) is 0 Å². The van der Waals surface area contributed by atoms with Crippen molar-refractivity contribution in [2.24, 2.45) is 11.8 Å². The second-order valence-corrected chi connectivity index (χ2v) is 7.16. The molecule has 0 saturated carbocycles. The van der Waals surface area contributed by atoms with Gasteiger partial charge in [-0.3, -0.25) is 9.69 Å². The molecule has 3 atom stereocenters. The highest BCUT2D eigenvalue weighted by Crippen LogP contribution is 2.28. The summed E-state index contributed by atoms with van der Waals surface area (Å²) in [5.41, 5.74) is 0. The van der Waals surface area contributed by atoms with Gasteiger partial charge in [0.25, 0.3) is 0 Å². The van der Waals surface area contributed by atoms with Crippen LogP contribution >= 0.6 is 0 Å². The van der Waals surface area contributed by atoms with Gasteiger partial charge in [0.2, 0.25) is 0 Å². The molecule has 2 saturated heterocycles. The van der Waals surface area contributed by atoms with E-state index in [1.165, 1.54) is 0 Å². The third-order valence-electron chi connectivity index (χ3n) is 3.68. The van der Waals surface area contributed by atoms with Crippen LogP contribution in [0.1, 0.15) is 13.3 Å². The van der Waals surface area contributed by atoms with Crippen molar-refractivity contribution in [2.75, 3.05) is 24.6 Å². The number of carbonyl (C=O) groups is 1. The summed E-state index contributed by atoms with van der Waals surface area (Å²) in [5, 5.41) is 9.00. The number of nitrogens with zero attached hydrogens (tertiary/aromatic N) is 1. The SMILES string of the molecule is C[C@@H]1CN(C2CCS(=O)(=O)C2)C[C@H]1C(=O)O. The molecule has 0 aromatic carbocycles. The Balaban J connectivity index is 2.01. The molecule has 2 fully saturated rings. The fourth-order valence-corrected chi connectivity index (χ4v) is 4.45. The van der Waals surface area contributed by atoms with Crippen LogP contribution in [-0.4, -0.2) is 55.0 Å². The first-order chi connectivity index (χ1) is 7.39. The van der Waals surface area contributed by atoms with Crippen molar-refractivity contribution in [3.05, 3.63) is 0 Å². The van der Waals surface area contributed by atoms with Gasteiger partial charge in [-0.1, -0.05) is 6.92 Å². The molecule has 0 spiro atoms. The smallest absolute Gasteiger partial charge is 0.308 e. The van der Waals surface area contributed by atoms with Gasteiger partial charge in [0.15, 0.2) is 9.84 Å². The van der Waals surface area contributed by atoms with E-state index in [9.17, 15) is 13.2 Å². The molecule has 92 valence electrons. The maximum atomic E-state index is 11.4. The molecular formula is C10H17NO4S. The lowest BCUT2D eigenvalue weighted by molar-refractivity contribution is -0.142. The Morgan fingerprint density at radius 2 is 2.06 bits per heavy atom. The maximum absolute atomic E-state index is 11.4. The molecule has 1 unspecified atom stereocenters. The predicted molar refractivity (Wildman–Crippen MR) is 58.9 cm³/mol. The summed E-state index contributed by atoms with van der Waals surface area (Å²) < 4.78 is 22.7. The van der Waals surface area contributed by atoms with Gasteiger partial charge in [-0.2, -0.15) is 0 Å². The molecular weight excluding hydrogens is 230 g/mol. The largest absolute Gasteiger partial charge is 0.481 e. The maximum Gasteiger partial charge on any atom is 0.308 e. The minimum atomic E-state index is -2.88. The fourth-order valence-electron chi connectivity index (χ4n) is 2.69. The molecule has 16 heavy (non-hydrogen) atoms. The normalized spacial score (nSPS) is 38.9. The molecule has 2 aliphatic heterocycles. The summed E-state index contributed by atoms with van der Waals surface area (Å²) in [6, 6.07) is 0.0387. The molecule has 2 heterocycles. The van der Waals surface area contributed by atoms with Crippen LogP contribution in [0.4, 0.5) is 0 Å². The molecule has 2 aliphatic rings. The monoisotopic (exact) mass is 247 g/mol. The Labute approximate surface area is 95.4 Å². The first-order valence-corrected chi connectivity index (χ1v) is 7.38. The van der Waals surface area contributed by atoms with Crippen molar-refractivity contribution in [1.82, 2.24) is 4.90 Å². The zero-order valence-electron chi connectivity index (χ0n) is 9.30. The number of sulfone groups is 1. The van der Waals surface area contributed by atoms with Gasteiger partial charge in [0, 0.05) is 19.1 Å². The van der Waals surface area contributed by atoms with Crippen LogP contribution in [0.5, 0.6) is 0 Å². The van der Waals surface area contributed by atoms with E-state index < -0.39 is 15.8 Å². The molecule has 5 nitrogen and oxygen atoms in total. The van der Waals surface area contributed by atoms with E-state index in [-0.39, 0.29) is 29.4 Å². The number of carboxylic acids is 1. The summed E-state index contributed by atoms with van der Waals surface area (Å²) in [6.45, 7) is 3.12. The summed E-state index contributed by atoms with van der Waals surface area (Å²) in [4.78, 5) is 13.0.